The third kappa shape index (κ3) is 4.08. The summed E-state index contributed by atoms with van der Waals surface area (Å²) >= 11 is 0. The Morgan fingerprint density at radius 3 is 2.71 bits per heavy atom. The smallest absolute Gasteiger partial charge is 0.255 e. The van der Waals surface area contributed by atoms with E-state index >= 15 is 0 Å². The van der Waals surface area contributed by atoms with Gasteiger partial charge in [-0.05, 0) is 56.0 Å². The first-order valence-corrected chi connectivity index (χ1v) is 9.88. The SMILES string of the molecule is O=C(c1cccnc1)N1CC(O)CC2(CCN(Cc3ccccc3F)CC2)C1. The molecule has 2 fully saturated rings. The summed E-state index contributed by atoms with van der Waals surface area (Å²) in [5.41, 5.74) is 1.21. The van der Waals surface area contributed by atoms with E-state index in [4.69, 9.17) is 0 Å². The summed E-state index contributed by atoms with van der Waals surface area (Å²) in [5, 5.41) is 10.5. The molecule has 2 aliphatic rings. The fourth-order valence-electron chi connectivity index (χ4n) is 4.59. The maximum Gasteiger partial charge on any atom is 0.255 e. The number of β-amino-alcohol motifs (C(OH)–C–C–N with tert-alkyl or cyclic N) is 1. The van der Waals surface area contributed by atoms with Crippen LogP contribution in [0.25, 0.3) is 0 Å². The summed E-state index contributed by atoms with van der Waals surface area (Å²) in [6.45, 7) is 3.31. The molecule has 0 aliphatic carbocycles. The average Bonchev–Trinajstić information content (AvgIpc) is 2.71. The average molecular weight is 383 g/mol. The van der Waals surface area contributed by atoms with Gasteiger partial charge >= 0.3 is 0 Å². The van der Waals surface area contributed by atoms with Gasteiger partial charge in [0, 0.05) is 37.6 Å². The first kappa shape index (κ1) is 19.0. The monoisotopic (exact) mass is 383 g/mol. The molecule has 6 heteroatoms. The molecule has 1 N–H and O–H groups in total. The van der Waals surface area contributed by atoms with Gasteiger partial charge < -0.3 is 10.0 Å². The summed E-state index contributed by atoms with van der Waals surface area (Å²) < 4.78 is 13.9. The molecule has 0 saturated carbocycles. The molecule has 148 valence electrons. The van der Waals surface area contributed by atoms with Crippen LogP contribution in [0.4, 0.5) is 4.39 Å². The number of pyridine rings is 1. The molecule has 0 radical (unpaired) electrons. The minimum absolute atomic E-state index is 0.0682. The molecule has 2 aromatic rings. The zero-order chi connectivity index (χ0) is 19.6. The highest BCUT2D eigenvalue weighted by atomic mass is 19.1. The first-order chi connectivity index (χ1) is 13.5. The molecule has 0 bridgehead atoms. The zero-order valence-corrected chi connectivity index (χ0v) is 15.9. The number of hydrogen-bond donors (Lipinski definition) is 1. The van der Waals surface area contributed by atoms with Gasteiger partial charge in [-0.25, -0.2) is 4.39 Å². The Kier molecular flexibility index (Phi) is 5.42. The molecule has 5 nitrogen and oxygen atoms in total. The normalized spacial score (nSPS) is 22.4. The third-order valence-electron chi connectivity index (χ3n) is 6.09. The molecule has 1 spiro atoms. The number of carbonyl (C=O) groups excluding carboxylic acids is 1. The number of aromatic nitrogens is 1. The van der Waals surface area contributed by atoms with E-state index in [2.05, 4.69) is 9.88 Å². The van der Waals surface area contributed by atoms with Crippen molar-refractivity contribution in [2.24, 2.45) is 5.41 Å². The second-order valence-electron chi connectivity index (χ2n) is 8.15. The van der Waals surface area contributed by atoms with Crippen LogP contribution in [0.2, 0.25) is 0 Å². The lowest BCUT2D eigenvalue weighted by atomic mass is 9.71. The van der Waals surface area contributed by atoms with Crippen molar-refractivity contribution in [2.45, 2.75) is 31.9 Å². The second kappa shape index (κ2) is 7.97. The molecular formula is C22H26FN3O2. The molecule has 1 atom stereocenters. The first-order valence-electron chi connectivity index (χ1n) is 9.88. The number of amides is 1. The van der Waals surface area contributed by atoms with E-state index in [1.54, 1.807) is 35.5 Å². The minimum Gasteiger partial charge on any atom is -0.391 e. The van der Waals surface area contributed by atoms with Crippen LogP contribution in [0.15, 0.2) is 48.8 Å². The highest BCUT2D eigenvalue weighted by Gasteiger charge is 2.43. The summed E-state index contributed by atoms with van der Waals surface area (Å²) in [6, 6.07) is 10.4. The van der Waals surface area contributed by atoms with E-state index in [-0.39, 0.29) is 17.1 Å². The maximum absolute atomic E-state index is 13.9. The van der Waals surface area contributed by atoms with Crippen molar-refractivity contribution in [1.29, 1.82) is 0 Å². The highest BCUT2D eigenvalue weighted by Crippen LogP contribution is 2.40. The van der Waals surface area contributed by atoms with Gasteiger partial charge in [0.2, 0.25) is 0 Å². The maximum atomic E-state index is 13.9. The van der Waals surface area contributed by atoms with Crippen LogP contribution in [0.5, 0.6) is 0 Å². The molecule has 1 aromatic carbocycles. The Labute approximate surface area is 164 Å². The van der Waals surface area contributed by atoms with Crippen molar-refractivity contribution < 1.29 is 14.3 Å². The van der Waals surface area contributed by atoms with Gasteiger partial charge in [-0.15, -0.1) is 0 Å². The fourth-order valence-corrected chi connectivity index (χ4v) is 4.59. The van der Waals surface area contributed by atoms with Gasteiger partial charge in [0.05, 0.1) is 11.7 Å². The number of aliphatic hydroxyl groups is 1. The van der Waals surface area contributed by atoms with Gasteiger partial charge in [0.25, 0.3) is 5.91 Å². The third-order valence-corrected chi connectivity index (χ3v) is 6.09. The molecule has 2 aliphatic heterocycles. The van der Waals surface area contributed by atoms with Crippen LogP contribution >= 0.6 is 0 Å². The molecular weight excluding hydrogens is 357 g/mol. The molecule has 1 amide bonds. The molecule has 4 rings (SSSR count). The largest absolute Gasteiger partial charge is 0.391 e. The van der Waals surface area contributed by atoms with E-state index in [1.165, 1.54) is 6.07 Å². The van der Waals surface area contributed by atoms with Gasteiger partial charge in [-0.2, -0.15) is 0 Å². The van der Waals surface area contributed by atoms with Crippen LogP contribution < -0.4 is 0 Å². The summed E-state index contributed by atoms with van der Waals surface area (Å²) in [6.07, 6.45) is 5.23. The van der Waals surface area contributed by atoms with Crippen molar-refractivity contribution in [3.05, 3.63) is 65.7 Å². The molecule has 3 heterocycles. The summed E-state index contributed by atoms with van der Waals surface area (Å²) in [5.74, 6) is -0.232. The van der Waals surface area contributed by atoms with Gasteiger partial charge in [0.15, 0.2) is 0 Å². The van der Waals surface area contributed by atoms with E-state index < -0.39 is 6.10 Å². The lowest BCUT2D eigenvalue weighted by Gasteiger charge is -2.49. The number of benzene rings is 1. The van der Waals surface area contributed by atoms with E-state index in [1.807, 2.05) is 12.1 Å². The number of piperidine rings is 2. The van der Waals surface area contributed by atoms with Crippen LogP contribution in [0.1, 0.15) is 35.2 Å². The van der Waals surface area contributed by atoms with Crippen molar-refractivity contribution >= 4 is 5.91 Å². The van der Waals surface area contributed by atoms with E-state index in [9.17, 15) is 14.3 Å². The summed E-state index contributed by atoms with van der Waals surface area (Å²) in [7, 11) is 0. The Balaban J connectivity index is 1.41. The molecule has 2 saturated heterocycles. The molecule has 28 heavy (non-hydrogen) atoms. The number of aliphatic hydroxyl groups excluding tert-OH is 1. The topological polar surface area (TPSA) is 56.7 Å². The lowest BCUT2D eigenvalue weighted by molar-refractivity contribution is -0.0338. The molecule has 1 unspecified atom stereocenters. The van der Waals surface area contributed by atoms with Crippen LogP contribution in [0.3, 0.4) is 0 Å². The number of carbonyl (C=O) groups is 1. The Bertz CT molecular complexity index is 822. The number of nitrogens with zero attached hydrogens (tertiary/aromatic N) is 3. The molecule has 1 aromatic heterocycles. The summed E-state index contributed by atoms with van der Waals surface area (Å²) in [4.78, 5) is 20.9. The Morgan fingerprint density at radius 2 is 2.00 bits per heavy atom. The second-order valence-corrected chi connectivity index (χ2v) is 8.15. The zero-order valence-electron chi connectivity index (χ0n) is 15.9. The minimum atomic E-state index is -0.507. The Morgan fingerprint density at radius 1 is 1.21 bits per heavy atom. The van der Waals surface area contributed by atoms with Crippen molar-refractivity contribution in [3.8, 4) is 0 Å². The number of hydrogen-bond acceptors (Lipinski definition) is 4. The Hall–Kier alpha value is -2.31. The van der Waals surface area contributed by atoms with Crippen molar-refractivity contribution in [1.82, 2.24) is 14.8 Å². The number of rotatable bonds is 3. The van der Waals surface area contributed by atoms with Gasteiger partial charge in [-0.3, -0.25) is 14.7 Å². The van der Waals surface area contributed by atoms with Crippen molar-refractivity contribution in [3.63, 3.8) is 0 Å². The van der Waals surface area contributed by atoms with Crippen molar-refractivity contribution in [2.75, 3.05) is 26.2 Å². The predicted octanol–water partition coefficient (Wildman–Crippen LogP) is 2.71. The highest BCUT2D eigenvalue weighted by molar-refractivity contribution is 5.94. The number of halogens is 1. The fraction of sp³-hybridized carbons (Fsp3) is 0.455. The standard InChI is InChI=1S/C22H26FN3O2/c23-20-6-2-1-4-18(20)14-25-10-7-22(8-11-25)12-19(27)15-26(16-22)21(28)17-5-3-9-24-13-17/h1-6,9,13,19,27H,7-8,10-12,14-16H2. The van der Waals surface area contributed by atoms with Crippen LogP contribution in [-0.4, -0.2) is 58.1 Å². The van der Waals surface area contributed by atoms with Crippen LogP contribution in [0, 0.1) is 11.2 Å². The van der Waals surface area contributed by atoms with Gasteiger partial charge in [-0.1, -0.05) is 18.2 Å². The van der Waals surface area contributed by atoms with E-state index in [0.717, 1.165) is 37.9 Å². The number of likely N-dealkylation sites (tertiary alicyclic amines) is 2. The quantitative estimate of drug-likeness (QED) is 0.886. The predicted molar refractivity (Wildman–Crippen MR) is 104 cm³/mol. The van der Waals surface area contributed by atoms with E-state index in [0.29, 0.717) is 25.2 Å². The van der Waals surface area contributed by atoms with Gasteiger partial charge in [0.1, 0.15) is 5.82 Å². The van der Waals surface area contributed by atoms with Crippen LogP contribution in [-0.2, 0) is 6.54 Å². The lowest BCUT2D eigenvalue weighted by Crippen LogP contribution is -2.55.